The number of halogens is 4. The number of anilines is 1. The number of hydrogen-bond donors (Lipinski definition) is 5. The molecular formula is C37H48ClF3N9O15PS2. The summed E-state index contributed by atoms with van der Waals surface area (Å²) >= 11 is 5.94. The maximum atomic E-state index is 12.9. The number of carbonyl (C=O) groups is 4. The molecule has 0 aliphatic rings. The van der Waals surface area contributed by atoms with E-state index in [9.17, 15) is 59.8 Å². The first-order valence-corrected chi connectivity index (χ1v) is 24.7. The molecule has 4 aromatic rings. The zero-order valence-corrected chi connectivity index (χ0v) is 41.1. The smallest absolute Gasteiger partial charge is 0.431 e. The maximum absolute atomic E-state index is 12.9. The van der Waals surface area contributed by atoms with Gasteiger partial charge in [-0.3, -0.25) is 29.6 Å². The minimum atomic E-state index is -4.86. The molecule has 1 aromatic carbocycles. The molecule has 0 saturated heterocycles. The van der Waals surface area contributed by atoms with Gasteiger partial charge in [0.15, 0.2) is 5.03 Å². The molecule has 4 rings (SSSR count). The first-order chi connectivity index (χ1) is 31.3. The largest absolute Gasteiger partial charge is 0.778 e. The monoisotopic (exact) mass is 1050 g/mol. The lowest BCUT2D eigenvalue weighted by Crippen LogP contribution is -2.40. The predicted molar refractivity (Wildman–Crippen MR) is 240 cm³/mol. The van der Waals surface area contributed by atoms with Crippen LogP contribution in [0, 0.1) is 0 Å². The molecule has 0 aliphatic heterocycles. The molecule has 1 unspecified atom stereocenters. The first-order valence-electron chi connectivity index (χ1n) is 18.6. The van der Waals surface area contributed by atoms with E-state index in [1.54, 1.807) is 18.6 Å². The van der Waals surface area contributed by atoms with Crippen molar-refractivity contribution in [2.45, 2.75) is 31.2 Å². The number of carbonyl (C=O) groups excluding carboxylic acids is 3. The van der Waals surface area contributed by atoms with Crippen molar-refractivity contribution in [2.24, 2.45) is 7.05 Å². The number of aliphatic carboxylic acids is 1. The van der Waals surface area contributed by atoms with Gasteiger partial charge in [0.1, 0.15) is 13.3 Å². The number of rotatable bonds is 13. The number of esters is 1. The molecule has 3 aromatic heterocycles. The van der Waals surface area contributed by atoms with Crippen molar-refractivity contribution in [1.82, 2.24) is 39.0 Å². The van der Waals surface area contributed by atoms with Gasteiger partial charge in [-0.15, -0.1) is 0 Å². The number of pyridine rings is 1. The van der Waals surface area contributed by atoms with E-state index < -0.39 is 88.6 Å². The summed E-state index contributed by atoms with van der Waals surface area (Å²) in [6.07, 6.45) is 1.76. The van der Waals surface area contributed by atoms with E-state index in [0.717, 1.165) is 13.1 Å². The highest BCUT2D eigenvalue weighted by atomic mass is 35.5. The quantitative estimate of drug-likeness (QED) is 0.0720. The second-order valence-corrected chi connectivity index (χ2v) is 19.9. The third kappa shape index (κ3) is 20.0. The van der Waals surface area contributed by atoms with Gasteiger partial charge in [0.25, 0.3) is 21.5 Å². The van der Waals surface area contributed by atoms with Crippen LogP contribution < -0.4 is 41.0 Å². The standard InChI is InChI=1S/C16H14ClF3N2O4.C15H18N6O6S.C3H8NO5P.C3H9S/c1-8(2)26-14(24)10-6-9(4-5-11(10)17)22-13(23)7-12(16(18,19)20)21(3)15(22)25;1-21(2)13(22)9-6-5-7-16-12(9)28(24,25)20-15(23)19-14-17-10(26-3)8-11(18-14)27-4;5-3(6)1-4-2-10(7,8)9;1-4(2)3/h4-8H,1-3H3;5-8H,1-4H3,(H2,17,18,19,20,23);4H,1-2H2,(H,5,6)(H2,7,8,9);1-3H3/q;;;+1/p-1. The van der Waals surface area contributed by atoms with Crippen molar-refractivity contribution in [2.75, 3.05) is 65.2 Å². The van der Waals surface area contributed by atoms with Crippen molar-refractivity contribution < 1.29 is 74.4 Å². The number of aromatic nitrogens is 5. The maximum Gasteiger partial charge on any atom is 0.431 e. The molecule has 0 radical (unpaired) electrons. The number of hydrogen-bond acceptors (Lipinski definition) is 17. The Balaban J connectivity index is 0.000000534. The van der Waals surface area contributed by atoms with Crippen LogP contribution in [0.5, 0.6) is 11.8 Å². The van der Waals surface area contributed by atoms with Crippen LogP contribution in [-0.4, -0.2) is 137 Å². The number of sulfonamides is 1. The molecule has 3 heterocycles. The average molecular weight is 1050 g/mol. The molecule has 0 saturated carbocycles. The van der Waals surface area contributed by atoms with E-state index in [-0.39, 0.29) is 39.5 Å². The Morgan fingerprint density at radius 3 is 2.03 bits per heavy atom. The Morgan fingerprint density at radius 2 is 1.56 bits per heavy atom. The van der Waals surface area contributed by atoms with Gasteiger partial charge >= 0.3 is 29.8 Å². The van der Waals surface area contributed by atoms with Crippen molar-refractivity contribution in [3.63, 3.8) is 0 Å². The van der Waals surface area contributed by atoms with Gasteiger partial charge in [0.05, 0.1) is 79.8 Å². The number of ether oxygens (including phenoxy) is 3. The van der Waals surface area contributed by atoms with Gasteiger partial charge in [-0.25, -0.2) is 28.7 Å². The topological polar surface area (TPSA) is 333 Å². The fourth-order valence-corrected chi connectivity index (χ4v) is 6.13. The summed E-state index contributed by atoms with van der Waals surface area (Å²) in [7, 11) is -1.66. The van der Waals surface area contributed by atoms with Crippen LogP contribution >= 0.6 is 19.2 Å². The number of carboxylic acid groups (broad SMARTS) is 1. The molecular weight excluding hydrogens is 998 g/mol. The Kier molecular flexibility index (Phi) is 23.3. The van der Waals surface area contributed by atoms with Crippen LogP contribution in [0.4, 0.5) is 23.9 Å². The minimum absolute atomic E-state index is 0.0104. The van der Waals surface area contributed by atoms with Crippen LogP contribution in [0.15, 0.2) is 63.3 Å². The summed E-state index contributed by atoms with van der Waals surface area (Å²) in [5, 5.41) is 11.5. The number of benzene rings is 1. The van der Waals surface area contributed by atoms with Crippen molar-refractivity contribution in [3.8, 4) is 17.4 Å². The van der Waals surface area contributed by atoms with E-state index in [0.29, 0.717) is 26.1 Å². The number of alkyl halides is 3. The van der Waals surface area contributed by atoms with Crippen LogP contribution in [0.2, 0.25) is 5.02 Å². The van der Waals surface area contributed by atoms with Gasteiger partial charge in [0, 0.05) is 33.4 Å². The lowest BCUT2D eigenvalue weighted by Gasteiger charge is -2.15. The lowest BCUT2D eigenvalue weighted by molar-refractivity contribution is -0.193. The number of amides is 3. The highest BCUT2D eigenvalue weighted by Gasteiger charge is 2.35. The molecule has 5 N–H and O–H groups in total. The van der Waals surface area contributed by atoms with E-state index >= 15 is 0 Å². The average Bonchev–Trinajstić information content (AvgIpc) is 3.21. The summed E-state index contributed by atoms with van der Waals surface area (Å²) in [5.41, 5.74) is -4.19. The normalized spacial score (nSPS) is 11.8. The van der Waals surface area contributed by atoms with Gasteiger partial charge < -0.3 is 38.6 Å². The predicted octanol–water partition coefficient (Wildman–Crippen LogP) is 1.53. The van der Waals surface area contributed by atoms with Crippen LogP contribution in [0.25, 0.3) is 5.69 Å². The first kappa shape index (κ1) is 59.9. The molecule has 31 heteroatoms. The lowest BCUT2D eigenvalue weighted by atomic mass is 10.2. The zero-order valence-electron chi connectivity index (χ0n) is 37.8. The second-order valence-electron chi connectivity index (χ2n) is 13.9. The minimum Gasteiger partial charge on any atom is -0.778 e. The van der Waals surface area contributed by atoms with Crippen molar-refractivity contribution >= 4 is 69.9 Å². The SMILES string of the molecule is CC(C)OC(=O)c1cc(-n2c(=O)cc(C(F)(F)F)n(C)c2=O)ccc1Cl.COc1cc(OC)nc(NC(=O)NS(=O)(=O)c2ncccc2C(=O)N(C)C)n1.C[S+](C)C.O=C(O)CNCP(=O)([O-])O. The molecule has 0 spiro atoms. The van der Waals surface area contributed by atoms with Crippen molar-refractivity contribution in [1.29, 1.82) is 0 Å². The fraction of sp³-hybridized carbons (Fsp3) is 0.378. The van der Waals surface area contributed by atoms with E-state index in [2.05, 4.69) is 39.0 Å². The third-order valence-electron chi connectivity index (χ3n) is 7.18. The fourth-order valence-electron chi connectivity index (χ4n) is 4.50. The highest BCUT2D eigenvalue weighted by Crippen LogP contribution is 2.28. The number of urea groups is 1. The van der Waals surface area contributed by atoms with Gasteiger partial charge in [0.2, 0.25) is 17.7 Å². The highest BCUT2D eigenvalue weighted by molar-refractivity contribution is 7.94. The zero-order chi connectivity index (χ0) is 52.5. The third-order valence-corrected chi connectivity index (χ3v) is 9.42. The number of carboxylic acids is 1. The molecule has 0 aliphatic carbocycles. The Morgan fingerprint density at radius 1 is 1.00 bits per heavy atom. The van der Waals surface area contributed by atoms with Crippen molar-refractivity contribution in [3.05, 3.63) is 91.3 Å². The summed E-state index contributed by atoms with van der Waals surface area (Å²) < 4.78 is 91.2. The van der Waals surface area contributed by atoms with E-state index in [1.807, 2.05) is 5.32 Å². The molecule has 24 nitrogen and oxygen atoms in total. The molecule has 0 bridgehead atoms. The molecule has 68 heavy (non-hydrogen) atoms. The van der Waals surface area contributed by atoms with Crippen LogP contribution in [0.1, 0.15) is 40.3 Å². The summed E-state index contributed by atoms with van der Waals surface area (Å²) in [6, 6.07) is 6.81. The molecule has 0 fully saturated rings. The number of nitrogens with zero attached hydrogens (tertiary/aromatic N) is 6. The van der Waals surface area contributed by atoms with Crippen LogP contribution in [0.3, 0.4) is 0 Å². The van der Waals surface area contributed by atoms with E-state index in [1.165, 1.54) is 69.7 Å². The molecule has 376 valence electrons. The summed E-state index contributed by atoms with van der Waals surface area (Å²) in [4.78, 5) is 101. The summed E-state index contributed by atoms with van der Waals surface area (Å²) in [5.74, 6) is -2.62. The number of methoxy groups -OCH3 is 2. The Bertz CT molecular complexity index is 2680. The van der Waals surface area contributed by atoms with Gasteiger partial charge in [-0.1, -0.05) is 11.6 Å². The summed E-state index contributed by atoms with van der Waals surface area (Å²) in [6.45, 7) is 2.75. The molecule has 1 atom stereocenters. The van der Waals surface area contributed by atoms with E-state index in [4.69, 9.17) is 35.8 Å². The van der Waals surface area contributed by atoms with Gasteiger partial charge in [-0.05, 0) is 55.1 Å². The van der Waals surface area contributed by atoms with Gasteiger partial charge in [-0.2, -0.15) is 31.6 Å². The Hall–Kier alpha value is -6.10. The Labute approximate surface area is 394 Å². The van der Waals surface area contributed by atoms with Crippen LogP contribution in [-0.2, 0) is 48.2 Å². The second kappa shape index (κ2) is 26.4. The molecule has 3 amide bonds. The number of nitrogens with one attached hydrogen (secondary N) is 3.